The van der Waals surface area contributed by atoms with Crippen LogP contribution in [-0.2, 0) is 26.3 Å². The fraction of sp³-hybridized carbons (Fsp3) is 0.480. The number of rotatable bonds is 8. The van der Waals surface area contributed by atoms with Crippen molar-refractivity contribution < 1.29 is 21.6 Å². The minimum absolute atomic E-state index is 0.149. The first-order valence-electron chi connectivity index (χ1n) is 11.8. The molecule has 0 spiro atoms. The Morgan fingerprint density at radius 3 is 2.47 bits per heavy atom. The first-order chi connectivity index (χ1) is 16.1. The molecule has 184 valence electrons. The zero-order chi connectivity index (χ0) is 24.5. The molecule has 2 aromatic carbocycles. The van der Waals surface area contributed by atoms with Gasteiger partial charge in [0.05, 0.1) is 28.2 Å². The third-order valence-corrected chi connectivity index (χ3v) is 10.0. The highest BCUT2D eigenvalue weighted by molar-refractivity contribution is 7.92. The number of amides is 1. The molecule has 4 rings (SSSR count). The summed E-state index contributed by atoms with van der Waals surface area (Å²) >= 11 is 0. The molecule has 1 saturated carbocycles. The average Bonchev–Trinajstić information content (AvgIpc) is 3.47. The second-order valence-electron chi connectivity index (χ2n) is 9.36. The van der Waals surface area contributed by atoms with Gasteiger partial charge in [-0.2, -0.15) is 0 Å². The Hall–Kier alpha value is -2.39. The lowest BCUT2D eigenvalue weighted by molar-refractivity contribution is 0.0990. The minimum atomic E-state index is -3.54. The maximum Gasteiger partial charge on any atom is 0.260 e. The van der Waals surface area contributed by atoms with E-state index in [0.717, 1.165) is 22.5 Å². The van der Waals surface area contributed by atoms with E-state index in [9.17, 15) is 21.6 Å². The lowest BCUT2D eigenvalue weighted by atomic mass is 10.0. The van der Waals surface area contributed by atoms with Gasteiger partial charge >= 0.3 is 0 Å². The third-order valence-electron chi connectivity index (χ3n) is 7.02. The van der Waals surface area contributed by atoms with Crippen molar-refractivity contribution in [2.24, 2.45) is 5.92 Å². The number of fused-ring (bicyclic) bond motifs is 1. The highest BCUT2D eigenvalue weighted by Gasteiger charge is 2.30. The van der Waals surface area contributed by atoms with Crippen LogP contribution in [0.3, 0.4) is 0 Å². The molecule has 0 N–H and O–H groups in total. The summed E-state index contributed by atoms with van der Waals surface area (Å²) in [4.78, 5) is 15.3. The zero-order valence-electron chi connectivity index (χ0n) is 19.7. The van der Waals surface area contributed by atoms with Crippen LogP contribution in [0.5, 0.6) is 0 Å². The third kappa shape index (κ3) is 5.15. The molecule has 34 heavy (non-hydrogen) atoms. The SMILES string of the molecule is CN(c1ccccc1C(=O)N1CCc2cc(S(=O)(=O)CCCC3CCCC3)ccc21)S(C)(=O)=O. The molecule has 1 fully saturated rings. The van der Waals surface area contributed by atoms with E-state index in [-0.39, 0.29) is 17.2 Å². The maximum atomic E-state index is 13.4. The number of carbonyl (C=O) groups excluding carboxylic acids is 1. The molecule has 7 nitrogen and oxygen atoms in total. The van der Waals surface area contributed by atoms with E-state index in [1.54, 1.807) is 47.4 Å². The molecule has 1 aliphatic carbocycles. The summed E-state index contributed by atoms with van der Waals surface area (Å²) in [5.41, 5.74) is 2.09. The van der Waals surface area contributed by atoms with Gasteiger partial charge in [0.1, 0.15) is 0 Å². The van der Waals surface area contributed by atoms with Crippen molar-refractivity contribution in [2.75, 3.05) is 34.8 Å². The number of benzene rings is 2. The van der Waals surface area contributed by atoms with Crippen LogP contribution < -0.4 is 9.21 Å². The summed E-state index contributed by atoms with van der Waals surface area (Å²) in [5.74, 6) is 0.507. The fourth-order valence-electron chi connectivity index (χ4n) is 5.01. The van der Waals surface area contributed by atoms with E-state index in [1.807, 2.05) is 0 Å². The molecule has 0 unspecified atom stereocenters. The van der Waals surface area contributed by atoms with E-state index in [1.165, 1.54) is 32.7 Å². The molecule has 0 aromatic heterocycles. The van der Waals surface area contributed by atoms with Crippen molar-refractivity contribution in [2.45, 2.75) is 49.8 Å². The molecule has 9 heteroatoms. The number of sulfone groups is 1. The standard InChI is InChI=1S/C25H32N2O5S2/c1-26(33(2,29)30)24-12-6-5-11-22(24)25(28)27-16-15-20-18-21(13-14-23(20)27)34(31,32)17-7-10-19-8-3-4-9-19/h5-6,11-14,18-19H,3-4,7-10,15-17H2,1-2H3. The lowest BCUT2D eigenvalue weighted by Gasteiger charge is -2.23. The second-order valence-corrected chi connectivity index (χ2v) is 13.5. The predicted octanol–water partition coefficient (Wildman–Crippen LogP) is 4.03. The molecule has 0 atom stereocenters. The number of hydrogen-bond donors (Lipinski definition) is 0. The Morgan fingerprint density at radius 1 is 1.06 bits per heavy atom. The van der Waals surface area contributed by atoms with Gasteiger partial charge in [0.25, 0.3) is 5.91 Å². The van der Waals surface area contributed by atoms with Gasteiger partial charge in [-0.15, -0.1) is 0 Å². The predicted molar refractivity (Wildman–Crippen MR) is 135 cm³/mol. The quantitative estimate of drug-likeness (QED) is 0.541. The Bertz CT molecular complexity index is 1280. The van der Waals surface area contributed by atoms with Gasteiger partial charge in [-0.25, -0.2) is 16.8 Å². The first-order valence-corrected chi connectivity index (χ1v) is 15.3. The van der Waals surface area contributed by atoms with E-state index in [0.29, 0.717) is 41.6 Å². The summed E-state index contributed by atoms with van der Waals surface area (Å²) in [7, 11) is -5.49. The van der Waals surface area contributed by atoms with Crippen LogP contribution in [0, 0.1) is 5.92 Å². The van der Waals surface area contributed by atoms with E-state index in [4.69, 9.17) is 0 Å². The number of hydrogen-bond acceptors (Lipinski definition) is 5. The van der Waals surface area contributed by atoms with E-state index in [2.05, 4.69) is 0 Å². The van der Waals surface area contributed by atoms with Gasteiger partial charge in [0.15, 0.2) is 9.84 Å². The van der Waals surface area contributed by atoms with Crippen LogP contribution in [0.25, 0.3) is 0 Å². The summed E-state index contributed by atoms with van der Waals surface area (Å²) in [6, 6.07) is 11.6. The smallest absolute Gasteiger partial charge is 0.260 e. The van der Waals surface area contributed by atoms with Gasteiger partial charge in [-0.05, 0) is 61.1 Å². The molecular weight excluding hydrogens is 472 g/mol. The van der Waals surface area contributed by atoms with Crippen molar-refractivity contribution in [3.05, 3.63) is 53.6 Å². The van der Waals surface area contributed by atoms with Gasteiger partial charge in [0.2, 0.25) is 10.0 Å². The molecular formula is C25H32N2O5S2. The maximum absolute atomic E-state index is 13.4. The molecule has 2 aliphatic rings. The molecule has 0 saturated heterocycles. The lowest BCUT2D eigenvalue weighted by Crippen LogP contribution is -2.32. The molecule has 1 aliphatic heterocycles. The fourth-order valence-corrected chi connectivity index (χ4v) is 6.91. The molecule has 1 amide bonds. The average molecular weight is 505 g/mol. The van der Waals surface area contributed by atoms with Gasteiger partial charge in [-0.3, -0.25) is 9.10 Å². The number of nitrogens with zero attached hydrogens (tertiary/aromatic N) is 2. The van der Waals surface area contributed by atoms with Crippen LogP contribution >= 0.6 is 0 Å². The second kappa shape index (κ2) is 9.70. The van der Waals surface area contributed by atoms with Crippen LogP contribution in [-0.4, -0.2) is 48.3 Å². The number of sulfonamides is 1. The monoisotopic (exact) mass is 504 g/mol. The molecule has 1 heterocycles. The van der Waals surface area contributed by atoms with Crippen LogP contribution in [0.15, 0.2) is 47.4 Å². The number of carbonyl (C=O) groups is 1. The largest absolute Gasteiger partial charge is 0.308 e. The zero-order valence-corrected chi connectivity index (χ0v) is 21.4. The minimum Gasteiger partial charge on any atom is -0.308 e. The van der Waals surface area contributed by atoms with E-state index >= 15 is 0 Å². The van der Waals surface area contributed by atoms with Gasteiger partial charge in [-0.1, -0.05) is 37.8 Å². The summed E-state index contributed by atoms with van der Waals surface area (Å²) in [6.07, 6.45) is 8.23. The van der Waals surface area contributed by atoms with Crippen LogP contribution in [0.2, 0.25) is 0 Å². The van der Waals surface area contributed by atoms with Crippen molar-refractivity contribution in [3.8, 4) is 0 Å². The topological polar surface area (TPSA) is 91.8 Å². The number of anilines is 2. The summed E-state index contributed by atoms with van der Waals surface area (Å²) in [6.45, 7) is 0.413. The van der Waals surface area contributed by atoms with Crippen molar-refractivity contribution in [1.82, 2.24) is 0 Å². The Balaban J connectivity index is 1.52. The normalized spacial score (nSPS) is 16.6. The first kappa shape index (κ1) is 24.7. The highest BCUT2D eigenvalue weighted by Crippen LogP contribution is 2.34. The van der Waals surface area contributed by atoms with E-state index < -0.39 is 19.9 Å². The van der Waals surface area contributed by atoms with Crippen molar-refractivity contribution in [1.29, 1.82) is 0 Å². The Morgan fingerprint density at radius 2 is 1.76 bits per heavy atom. The van der Waals surface area contributed by atoms with Gasteiger partial charge in [0, 0.05) is 19.3 Å². The van der Waals surface area contributed by atoms with Crippen LogP contribution in [0.4, 0.5) is 11.4 Å². The van der Waals surface area contributed by atoms with Crippen molar-refractivity contribution in [3.63, 3.8) is 0 Å². The summed E-state index contributed by atoms with van der Waals surface area (Å²) in [5, 5.41) is 0. The Labute approximate surface area is 202 Å². The molecule has 0 radical (unpaired) electrons. The van der Waals surface area contributed by atoms with Gasteiger partial charge < -0.3 is 4.90 Å². The highest BCUT2D eigenvalue weighted by atomic mass is 32.2. The number of para-hydroxylation sites is 1. The summed E-state index contributed by atoms with van der Waals surface area (Å²) < 4.78 is 51.0. The molecule has 2 aromatic rings. The van der Waals surface area contributed by atoms with Crippen molar-refractivity contribution >= 4 is 37.1 Å². The van der Waals surface area contributed by atoms with Crippen LogP contribution in [0.1, 0.15) is 54.4 Å². The molecule has 0 bridgehead atoms. The Kier molecular flexibility index (Phi) is 7.05.